The molecule has 0 bridgehead atoms. The Labute approximate surface area is 242 Å². The molecule has 2 heterocycles. The third-order valence-electron chi connectivity index (χ3n) is 6.31. The third-order valence-corrected chi connectivity index (χ3v) is 7.38. The standard InChI is InChI=1S/C26H29Cl3N6O2S/c27-26(28,29)24(33-21(36)12-9-17-7-10-19(11-8-17)32-22(37)16-30)35-15-3-14-34(25(35)38)20-6-1-4-18-5-2-13-31-23(18)20/h1,4,6-12,24,31H,2-3,5,13-16,30H2,(H,32,37)(H,33,36)/b12-9+. The fourth-order valence-electron chi connectivity index (χ4n) is 4.51. The van der Waals surface area contributed by atoms with Crippen LogP contribution in [-0.4, -0.2) is 58.0 Å². The van der Waals surface area contributed by atoms with E-state index in [-0.39, 0.29) is 12.5 Å². The van der Waals surface area contributed by atoms with E-state index in [1.165, 1.54) is 11.6 Å². The highest BCUT2D eigenvalue weighted by Gasteiger charge is 2.42. The molecule has 2 aromatic carbocycles. The van der Waals surface area contributed by atoms with Gasteiger partial charge in [0.05, 0.1) is 17.9 Å². The van der Waals surface area contributed by atoms with Gasteiger partial charge in [-0.1, -0.05) is 59.1 Å². The maximum absolute atomic E-state index is 12.9. The van der Waals surface area contributed by atoms with Crippen molar-refractivity contribution in [2.45, 2.75) is 29.2 Å². The van der Waals surface area contributed by atoms with Gasteiger partial charge in [0.2, 0.25) is 15.6 Å². The second kappa shape index (κ2) is 12.5. The van der Waals surface area contributed by atoms with E-state index in [1.807, 2.05) is 17.0 Å². The molecule has 0 aromatic heterocycles. The van der Waals surface area contributed by atoms with Crippen LogP contribution in [0, 0.1) is 0 Å². The largest absolute Gasteiger partial charge is 0.383 e. The first-order valence-electron chi connectivity index (χ1n) is 12.3. The van der Waals surface area contributed by atoms with Crippen molar-refractivity contribution in [3.8, 4) is 0 Å². The molecule has 2 aromatic rings. The zero-order valence-corrected chi connectivity index (χ0v) is 23.6. The lowest BCUT2D eigenvalue weighted by Gasteiger charge is -2.45. The summed E-state index contributed by atoms with van der Waals surface area (Å²) in [7, 11) is 0. The second-order valence-corrected chi connectivity index (χ2v) is 11.7. The minimum absolute atomic E-state index is 0.102. The SMILES string of the molecule is NCC(=O)Nc1ccc(/C=C/C(=O)NC(N2CCCN(c3cccc4c3NCCC4)C2=S)C(Cl)(Cl)Cl)cc1. The molecule has 0 radical (unpaired) electrons. The fraction of sp³-hybridized carbons (Fsp3) is 0.346. The Morgan fingerprint density at radius 2 is 1.89 bits per heavy atom. The number of nitrogens with two attached hydrogens (primary N) is 1. The normalized spacial score (nSPS) is 16.6. The lowest BCUT2D eigenvalue weighted by atomic mass is 10.0. The number of hydrogen-bond acceptors (Lipinski definition) is 5. The van der Waals surface area contributed by atoms with Gasteiger partial charge in [0.25, 0.3) is 0 Å². The van der Waals surface area contributed by atoms with Gasteiger partial charge in [-0.15, -0.1) is 0 Å². The number of thiocarbonyl (C=S) groups is 1. The number of carbonyl (C=O) groups is 2. The Morgan fingerprint density at radius 3 is 2.61 bits per heavy atom. The molecule has 0 saturated carbocycles. The van der Waals surface area contributed by atoms with Gasteiger partial charge in [0.1, 0.15) is 0 Å². The Morgan fingerprint density at radius 1 is 1.13 bits per heavy atom. The summed E-state index contributed by atoms with van der Waals surface area (Å²) in [6, 6.07) is 13.1. The molecule has 1 unspecified atom stereocenters. The lowest BCUT2D eigenvalue weighted by Crippen LogP contribution is -2.62. The number of alkyl halides is 3. The maximum Gasteiger partial charge on any atom is 0.245 e. The van der Waals surface area contributed by atoms with E-state index in [0.29, 0.717) is 17.3 Å². The number of aryl methyl sites for hydroxylation is 1. The number of fused-ring (bicyclic) bond motifs is 1. The number of nitrogens with one attached hydrogen (secondary N) is 3. The molecular weight excluding hydrogens is 567 g/mol. The summed E-state index contributed by atoms with van der Waals surface area (Å²) >= 11 is 24.9. The van der Waals surface area contributed by atoms with Crippen molar-refractivity contribution in [1.82, 2.24) is 10.2 Å². The van der Waals surface area contributed by atoms with Gasteiger partial charge < -0.3 is 31.5 Å². The highest BCUT2D eigenvalue weighted by Crippen LogP contribution is 2.37. The highest BCUT2D eigenvalue weighted by molar-refractivity contribution is 7.80. The van der Waals surface area contributed by atoms with E-state index in [1.54, 1.807) is 35.2 Å². The molecule has 2 amide bonds. The van der Waals surface area contributed by atoms with Crippen LogP contribution in [0.2, 0.25) is 0 Å². The predicted octanol–water partition coefficient (Wildman–Crippen LogP) is 4.26. The molecule has 2 aliphatic heterocycles. The van der Waals surface area contributed by atoms with Gasteiger partial charge >= 0.3 is 0 Å². The van der Waals surface area contributed by atoms with Crippen LogP contribution in [0.15, 0.2) is 48.5 Å². The van der Waals surface area contributed by atoms with Gasteiger partial charge in [-0.25, -0.2) is 0 Å². The molecule has 1 saturated heterocycles. The van der Waals surface area contributed by atoms with Crippen LogP contribution < -0.4 is 26.6 Å². The molecule has 1 fully saturated rings. The van der Waals surface area contributed by atoms with Crippen molar-refractivity contribution in [1.29, 1.82) is 0 Å². The average Bonchev–Trinajstić information content (AvgIpc) is 2.91. The smallest absolute Gasteiger partial charge is 0.245 e. The van der Waals surface area contributed by atoms with Crippen molar-refractivity contribution in [2.75, 3.05) is 41.7 Å². The summed E-state index contributed by atoms with van der Waals surface area (Å²) in [5.41, 5.74) is 9.98. The fourth-order valence-corrected chi connectivity index (χ4v) is 5.41. The van der Waals surface area contributed by atoms with Gasteiger partial charge in [0.15, 0.2) is 11.3 Å². The monoisotopic (exact) mass is 594 g/mol. The van der Waals surface area contributed by atoms with Gasteiger partial charge in [-0.05, 0) is 66.9 Å². The number of nitrogens with zero attached hydrogens (tertiary/aromatic N) is 2. The Balaban J connectivity index is 1.48. The first kappa shape index (κ1) is 28.4. The predicted molar refractivity (Wildman–Crippen MR) is 160 cm³/mol. The molecule has 0 aliphatic carbocycles. The van der Waals surface area contributed by atoms with E-state index in [2.05, 4.69) is 22.0 Å². The first-order valence-corrected chi connectivity index (χ1v) is 13.8. The number of hydrogen-bond donors (Lipinski definition) is 4. The summed E-state index contributed by atoms with van der Waals surface area (Å²) in [6.45, 7) is 2.04. The van der Waals surface area contributed by atoms with Crippen molar-refractivity contribution in [3.05, 3.63) is 59.7 Å². The molecule has 0 spiro atoms. The van der Waals surface area contributed by atoms with E-state index < -0.39 is 15.9 Å². The minimum atomic E-state index is -1.84. The quantitative estimate of drug-likeness (QED) is 0.215. The van der Waals surface area contributed by atoms with Crippen LogP contribution in [0.1, 0.15) is 24.0 Å². The van der Waals surface area contributed by atoms with E-state index in [0.717, 1.165) is 49.3 Å². The number of halogens is 3. The van der Waals surface area contributed by atoms with E-state index >= 15 is 0 Å². The molecule has 202 valence electrons. The summed E-state index contributed by atoms with van der Waals surface area (Å²) in [4.78, 5) is 28.1. The topological polar surface area (TPSA) is 103 Å². The van der Waals surface area contributed by atoms with Crippen LogP contribution in [0.25, 0.3) is 6.08 Å². The number of amides is 2. The molecule has 8 nitrogen and oxygen atoms in total. The zero-order chi connectivity index (χ0) is 27.3. The zero-order valence-electron chi connectivity index (χ0n) is 20.6. The second-order valence-electron chi connectivity index (χ2n) is 8.98. The maximum atomic E-state index is 12.9. The molecular formula is C26H29Cl3N6O2S. The molecule has 12 heteroatoms. The minimum Gasteiger partial charge on any atom is -0.383 e. The van der Waals surface area contributed by atoms with Gasteiger partial charge in [0, 0.05) is 31.4 Å². The van der Waals surface area contributed by atoms with Crippen LogP contribution in [0.5, 0.6) is 0 Å². The van der Waals surface area contributed by atoms with Gasteiger partial charge in [-0.2, -0.15) is 0 Å². The van der Waals surface area contributed by atoms with Crippen molar-refractivity contribution in [2.24, 2.45) is 5.73 Å². The van der Waals surface area contributed by atoms with E-state index in [9.17, 15) is 9.59 Å². The lowest BCUT2D eigenvalue weighted by molar-refractivity contribution is -0.118. The van der Waals surface area contributed by atoms with Crippen LogP contribution >= 0.6 is 47.0 Å². The number of carbonyl (C=O) groups excluding carboxylic acids is 2. The Bertz CT molecular complexity index is 1220. The van der Waals surface area contributed by atoms with Crippen LogP contribution in [0.4, 0.5) is 17.1 Å². The molecule has 4 rings (SSSR count). The number of rotatable bonds is 7. The van der Waals surface area contributed by atoms with Crippen LogP contribution in [0.3, 0.4) is 0 Å². The van der Waals surface area contributed by atoms with Crippen LogP contribution in [-0.2, 0) is 16.0 Å². The summed E-state index contributed by atoms with van der Waals surface area (Å²) in [6.07, 6.45) is 4.85. The van der Waals surface area contributed by atoms with E-state index in [4.69, 9.17) is 52.8 Å². The average molecular weight is 596 g/mol. The molecule has 38 heavy (non-hydrogen) atoms. The molecule has 5 N–H and O–H groups in total. The van der Waals surface area contributed by atoms with Crippen molar-refractivity contribution in [3.63, 3.8) is 0 Å². The number of anilines is 3. The number of para-hydroxylation sites is 1. The third kappa shape index (κ3) is 6.90. The number of benzene rings is 2. The Hall–Kier alpha value is -2.56. The highest BCUT2D eigenvalue weighted by atomic mass is 35.6. The van der Waals surface area contributed by atoms with Crippen molar-refractivity contribution >= 4 is 87.1 Å². The molecule has 2 aliphatic rings. The first-order chi connectivity index (χ1) is 18.2. The molecule has 1 atom stereocenters. The summed E-state index contributed by atoms with van der Waals surface area (Å²) in [5, 5.41) is 9.45. The summed E-state index contributed by atoms with van der Waals surface area (Å²) < 4.78 is -1.84. The summed E-state index contributed by atoms with van der Waals surface area (Å²) in [5.74, 6) is -0.733. The Kier molecular flexibility index (Phi) is 9.38. The van der Waals surface area contributed by atoms with Gasteiger partial charge in [-0.3, -0.25) is 9.59 Å². The van der Waals surface area contributed by atoms with Crippen molar-refractivity contribution < 1.29 is 9.59 Å².